The standard InChI is InChI=1S/C14H21N3O3/c1-6-10-15-9-7-17(13(19)20-14(3,4)5)8(2)11(9)12(18)16-10/h8H,6-7H2,1-5H3,(H,15,16,18). The van der Waals surface area contributed by atoms with E-state index < -0.39 is 11.7 Å². The second-order valence-corrected chi connectivity index (χ2v) is 6.01. The second-order valence-electron chi connectivity index (χ2n) is 6.01. The molecule has 20 heavy (non-hydrogen) atoms. The molecular formula is C14H21N3O3. The lowest BCUT2D eigenvalue weighted by molar-refractivity contribution is 0.0186. The van der Waals surface area contributed by atoms with E-state index in [0.29, 0.717) is 30.0 Å². The summed E-state index contributed by atoms with van der Waals surface area (Å²) in [5, 5.41) is 0. The molecule has 1 aromatic rings. The highest BCUT2D eigenvalue weighted by Gasteiger charge is 2.36. The van der Waals surface area contributed by atoms with Gasteiger partial charge in [-0.15, -0.1) is 0 Å². The quantitative estimate of drug-likeness (QED) is 0.854. The molecule has 0 fully saturated rings. The Hall–Kier alpha value is -1.85. The van der Waals surface area contributed by atoms with Gasteiger partial charge in [0.15, 0.2) is 0 Å². The van der Waals surface area contributed by atoms with Crippen molar-refractivity contribution in [3.8, 4) is 0 Å². The summed E-state index contributed by atoms with van der Waals surface area (Å²) in [6, 6.07) is -0.318. The predicted octanol–water partition coefficient (Wildman–Crippen LogP) is 2.14. The number of nitrogens with zero attached hydrogens (tertiary/aromatic N) is 2. The molecule has 1 atom stereocenters. The lowest BCUT2D eigenvalue weighted by Crippen LogP contribution is -2.35. The Labute approximate surface area is 118 Å². The van der Waals surface area contributed by atoms with Gasteiger partial charge in [-0.1, -0.05) is 6.92 Å². The molecule has 0 saturated carbocycles. The van der Waals surface area contributed by atoms with Gasteiger partial charge in [-0.3, -0.25) is 9.69 Å². The number of nitrogens with one attached hydrogen (secondary N) is 1. The van der Waals surface area contributed by atoms with Crippen molar-refractivity contribution in [2.45, 2.75) is 59.2 Å². The number of carbonyl (C=O) groups excluding carboxylic acids is 1. The molecule has 110 valence electrons. The molecule has 1 aliphatic rings. The summed E-state index contributed by atoms with van der Waals surface area (Å²) in [4.78, 5) is 32.9. The molecule has 2 heterocycles. The Kier molecular flexibility index (Phi) is 3.58. The molecule has 1 aromatic heterocycles. The van der Waals surface area contributed by atoms with Gasteiger partial charge >= 0.3 is 6.09 Å². The maximum Gasteiger partial charge on any atom is 0.411 e. The number of rotatable bonds is 1. The van der Waals surface area contributed by atoms with E-state index in [4.69, 9.17) is 4.74 Å². The topological polar surface area (TPSA) is 75.3 Å². The normalized spacial score (nSPS) is 18.1. The van der Waals surface area contributed by atoms with E-state index >= 15 is 0 Å². The van der Waals surface area contributed by atoms with Crippen LogP contribution in [0.25, 0.3) is 0 Å². The fourth-order valence-corrected chi connectivity index (χ4v) is 2.30. The summed E-state index contributed by atoms with van der Waals surface area (Å²) in [5.41, 5.74) is 0.516. The van der Waals surface area contributed by atoms with Crippen LogP contribution in [0.3, 0.4) is 0 Å². The van der Waals surface area contributed by atoms with Crippen LogP contribution in [-0.2, 0) is 17.7 Å². The van der Waals surface area contributed by atoms with Crippen molar-refractivity contribution in [1.82, 2.24) is 14.9 Å². The minimum Gasteiger partial charge on any atom is -0.444 e. The van der Waals surface area contributed by atoms with E-state index in [1.165, 1.54) is 4.90 Å². The van der Waals surface area contributed by atoms with Crippen molar-refractivity contribution in [1.29, 1.82) is 0 Å². The Morgan fingerprint density at radius 1 is 1.50 bits per heavy atom. The van der Waals surface area contributed by atoms with Crippen LogP contribution in [0.4, 0.5) is 4.79 Å². The van der Waals surface area contributed by atoms with Crippen molar-refractivity contribution in [3.63, 3.8) is 0 Å². The van der Waals surface area contributed by atoms with Crippen molar-refractivity contribution in [3.05, 3.63) is 27.4 Å². The predicted molar refractivity (Wildman–Crippen MR) is 74.4 cm³/mol. The third-order valence-corrected chi connectivity index (χ3v) is 3.25. The number of amides is 1. The monoisotopic (exact) mass is 279 g/mol. The average Bonchev–Trinajstić information content (AvgIpc) is 2.64. The lowest BCUT2D eigenvalue weighted by Gasteiger charge is -2.26. The molecule has 6 heteroatoms. The van der Waals surface area contributed by atoms with Gasteiger partial charge in [-0.2, -0.15) is 0 Å². The van der Waals surface area contributed by atoms with Gasteiger partial charge in [-0.05, 0) is 27.7 Å². The van der Waals surface area contributed by atoms with E-state index in [1.54, 1.807) is 0 Å². The number of aromatic nitrogens is 2. The maximum atomic E-state index is 12.2. The molecule has 1 amide bonds. The van der Waals surface area contributed by atoms with Crippen molar-refractivity contribution in [2.75, 3.05) is 0 Å². The molecule has 0 aromatic carbocycles. The molecule has 1 unspecified atom stereocenters. The fourth-order valence-electron chi connectivity index (χ4n) is 2.30. The first kappa shape index (κ1) is 14.6. The van der Waals surface area contributed by atoms with Crippen LogP contribution in [0.15, 0.2) is 4.79 Å². The number of ether oxygens (including phenoxy) is 1. The SMILES string of the molecule is CCc1nc2c(c(=O)[nH]1)C(C)N(C(=O)OC(C)(C)C)C2. The molecule has 0 spiro atoms. The van der Waals surface area contributed by atoms with Gasteiger partial charge in [0, 0.05) is 6.42 Å². The van der Waals surface area contributed by atoms with Crippen LogP contribution in [-0.4, -0.2) is 26.6 Å². The zero-order chi connectivity index (χ0) is 15.1. The largest absolute Gasteiger partial charge is 0.444 e. The van der Waals surface area contributed by atoms with Crippen molar-refractivity contribution < 1.29 is 9.53 Å². The smallest absolute Gasteiger partial charge is 0.411 e. The van der Waals surface area contributed by atoms with Crippen LogP contribution in [0, 0.1) is 0 Å². The Balaban J connectivity index is 2.29. The maximum absolute atomic E-state index is 12.2. The van der Waals surface area contributed by atoms with E-state index in [-0.39, 0.29) is 11.6 Å². The van der Waals surface area contributed by atoms with Crippen molar-refractivity contribution >= 4 is 6.09 Å². The summed E-state index contributed by atoms with van der Waals surface area (Å²) in [7, 11) is 0. The highest BCUT2D eigenvalue weighted by atomic mass is 16.6. The number of carbonyl (C=O) groups is 1. The third-order valence-electron chi connectivity index (χ3n) is 3.25. The van der Waals surface area contributed by atoms with Crippen LogP contribution < -0.4 is 5.56 Å². The first-order chi connectivity index (χ1) is 9.23. The second kappa shape index (κ2) is 4.92. The molecule has 2 rings (SSSR count). The summed E-state index contributed by atoms with van der Waals surface area (Å²) in [6.45, 7) is 9.52. The average molecular weight is 279 g/mol. The fraction of sp³-hybridized carbons (Fsp3) is 0.643. The van der Waals surface area contributed by atoms with Gasteiger partial charge in [-0.25, -0.2) is 9.78 Å². The molecule has 0 bridgehead atoms. The van der Waals surface area contributed by atoms with Gasteiger partial charge < -0.3 is 9.72 Å². The molecule has 1 N–H and O–H groups in total. The number of hydrogen-bond acceptors (Lipinski definition) is 4. The Bertz CT molecular complexity index is 586. The number of aryl methyl sites for hydroxylation is 1. The number of aromatic amines is 1. The van der Waals surface area contributed by atoms with Crippen LogP contribution in [0.5, 0.6) is 0 Å². The van der Waals surface area contributed by atoms with E-state index in [0.717, 1.165) is 0 Å². The number of H-pyrrole nitrogens is 1. The van der Waals surface area contributed by atoms with E-state index in [2.05, 4.69) is 9.97 Å². The van der Waals surface area contributed by atoms with Crippen LogP contribution >= 0.6 is 0 Å². The molecule has 0 aliphatic carbocycles. The molecule has 0 radical (unpaired) electrons. The van der Waals surface area contributed by atoms with Gasteiger partial charge in [0.2, 0.25) is 0 Å². The summed E-state index contributed by atoms with van der Waals surface area (Å²) in [6.07, 6.45) is 0.240. The highest BCUT2D eigenvalue weighted by Crippen LogP contribution is 2.30. The van der Waals surface area contributed by atoms with Gasteiger partial charge in [0.05, 0.1) is 23.8 Å². The number of hydrogen-bond donors (Lipinski definition) is 1. The highest BCUT2D eigenvalue weighted by molar-refractivity contribution is 5.69. The van der Waals surface area contributed by atoms with Gasteiger partial charge in [0.1, 0.15) is 11.4 Å². The summed E-state index contributed by atoms with van der Waals surface area (Å²) < 4.78 is 5.37. The molecular weight excluding hydrogens is 258 g/mol. The third kappa shape index (κ3) is 2.69. The first-order valence-electron chi connectivity index (χ1n) is 6.84. The lowest BCUT2D eigenvalue weighted by atomic mass is 10.1. The minimum absolute atomic E-state index is 0.162. The zero-order valence-electron chi connectivity index (χ0n) is 12.6. The van der Waals surface area contributed by atoms with Gasteiger partial charge in [0.25, 0.3) is 5.56 Å². The van der Waals surface area contributed by atoms with Crippen LogP contribution in [0.2, 0.25) is 0 Å². The number of fused-ring (bicyclic) bond motifs is 1. The van der Waals surface area contributed by atoms with Crippen molar-refractivity contribution in [2.24, 2.45) is 0 Å². The van der Waals surface area contributed by atoms with E-state index in [1.807, 2.05) is 34.6 Å². The summed E-state index contributed by atoms with van der Waals surface area (Å²) >= 11 is 0. The van der Waals surface area contributed by atoms with E-state index in [9.17, 15) is 9.59 Å². The Morgan fingerprint density at radius 2 is 2.15 bits per heavy atom. The molecule has 1 aliphatic heterocycles. The van der Waals surface area contributed by atoms with Crippen LogP contribution in [0.1, 0.15) is 57.7 Å². The molecule has 0 saturated heterocycles. The minimum atomic E-state index is -0.556. The zero-order valence-corrected chi connectivity index (χ0v) is 12.6. The Morgan fingerprint density at radius 3 is 2.70 bits per heavy atom. The molecule has 6 nitrogen and oxygen atoms in total. The summed E-state index contributed by atoms with van der Waals surface area (Å²) in [5.74, 6) is 0.645. The first-order valence-corrected chi connectivity index (χ1v) is 6.84.